The number of nitrogens with one attached hydrogen (secondary N) is 1. The van der Waals surface area contributed by atoms with Crippen LogP contribution in [-0.2, 0) is 9.59 Å². The van der Waals surface area contributed by atoms with E-state index < -0.39 is 17.7 Å². The van der Waals surface area contributed by atoms with Crippen molar-refractivity contribution < 1.29 is 23.2 Å². The molecular formula is C22H21F2N3O3. The zero-order valence-corrected chi connectivity index (χ0v) is 16.2. The number of likely N-dealkylation sites (tertiary alicyclic amines) is 1. The first kappa shape index (κ1) is 20.2. The molecule has 1 atom stereocenters. The summed E-state index contributed by atoms with van der Waals surface area (Å²) in [5, 5.41) is 2.94. The fraction of sp³-hybridized carbons (Fsp3) is 0.318. The van der Waals surface area contributed by atoms with Crippen LogP contribution in [0.2, 0.25) is 0 Å². The molecule has 4 rings (SSSR count). The van der Waals surface area contributed by atoms with Gasteiger partial charge in [-0.15, -0.1) is 0 Å². The Labute approximate surface area is 172 Å². The number of carbonyl (C=O) groups excluding carboxylic acids is 3. The van der Waals surface area contributed by atoms with Crippen LogP contribution in [0.1, 0.15) is 29.6 Å². The van der Waals surface area contributed by atoms with Crippen LogP contribution in [0.4, 0.5) is 14.5 Å². The van der Waals surface area contributed by atoms with Gasteiger partial charge in [0.2, 0.25) is 5.91 Å². The van der Waals surface area contributed by atoms with Crippen LogP contribution in [0, 0.1) is 11.6 Å². The van der Waals surface area contributed by atoms with E-state index in [1.54, 1.807) is 0 Å². The minimum Gasteiger partial charge on any atom is -0.349 e. The third kappa shape index (κ3) is 4.09. The summed E-state index contributed by atoms with van der Waals surface area (Å²) in [6, 6.07) is 10.0. The quantitative estimate of drug-likeness (QED) is 0.782. The Bertz CT molecular complexity index is 955. The number of anilines is 1. The third-order valence-electron chi connectivity index (χ3n) is 5.62. The van der Waals surface area contributed by atoms with Gasteiger partial charge in [0.25, 0.3) is 11.8 Å². The number of amides is 3. The molecule has 0 bridgehead atoms. The van der Waals surface area contributed by atoms with Gasteiger partial charge in [-0.25, -0.2) is 13.7 Å². The first-order valence-corrected chi connectivity index (χ1v) is 9.85. The van der Waals surface area contributed by atoms with Crippen molar-refractivity contribution in [1.29, 1.82) is 0 Å². The lowest BCUT2D eigenvalue weighted by Crippen LogP contribution is -2.50. The highest BCUT2D eigenvalue weighted by atomic mass is 19.1. The molecule has 30 heavy (non-hydrogen) atoms. The molecule has 0 aliphatic carbocycles. The first-order chi connectivity index (χ1) is 14.4. The fourth-order valence-corrected chi connectivity index (χ4v) is 3.99. The van der Waals surface area contributed by atoms with Crippen molar-refractivity contribution in [2.24, 2.45) is 0 Å². The van der Waals surface area contributed by atoms with Crippen LogP contribution < -0.4 is 10.2 Å². The minimum absolute atomic E-state index is 0.0563. The largest absolute Gasteiger partial charge is 0.349 e. The number of hydrogen-bond donors (Lipinski definition) is 1. The van der Waals surface area contributed by atoms with E-state index >= 15 is 0 Å². The fourth-order valence-electron chi connectivity index (χ4n) is 3.99. The Morgan fingerprint density at radius 2 is 1.47 bits per heavy atom. The Morgan fingerprint density at radius 3 is 2.07 bits per heavy atom. The molecule has 156 valence electrons. The van der Waals surface area contributed by atoms with E-state index in [9.17, 15) is 23.2 Å². The van der Waals surface area contributed by atoms with Gasteiger partial charge in [0.15, 0.2) is 0 Å². The Kier molecular flexibility index (Phi) is 5.59. The second-order valence-electron chi connectivity index (χ2n) is 7.55. The normalized spacial score (nSPS) is 20.6. The maximum absolute atomic E-state index is 13.1. The van der Waals surface area contributed by atoms with Gasteiger partial charge in [-0.05, 0) is 61.4 Å². The van der Waals surface area contributed by atoms with Gasteiger partial charge in [0.1, 0.15) is 11.6 Å². The number of hydrogen-bond acceptors (Lipinski definition) is 4. The standard InChI is InChI=1S/C22H21F2N3O3/c23-15-3-1-14(2-4-15)21(29)25-17-9-11-26(12-10-17)19-13-20(28)27(22(19)30)18-7-5-16(24)6-8-18/h1-8,17,19H,9-13H2,(H,25,29). The van der Waals surface area contributed by atoms with Crippen molar-refractivity contribution in [3.63, 3.8) is 0 Å². The number of piperidine rings is 1. The molecule has 1 unspecified atom stereocenters. The highest BCUT2D eigenvalue weighted by molar-refractivity contribution is 6.22. The zero-order chi connectivity index (χ0) is 21.3. The number of carbonyl (C=O) groups is 3. The molecule has 2 aliphatic rings. The lowest BCUT2D eigenvalue weighted by atomic mass is 10.0. The van der Waals surface area contributed by atoms with E-state index in [-0.39, 0.29) is 30.2 Å². The van der Waals surface area contributed by atoms with Gasteiger partial charge in [0.05, 0.1) is 18.2 Å². The number of benzene rings is 2. The predicted molar refractivity (Wildman–Crippen MR) is 106 cm³/mol. The van der Waals surface area contributed by atoms with E-state index in [0.29, 0.717) is 37.2 Å². The van der Waals surface area contributed by atoms with Gasteiger partial charge in [-0.1, -0.05) is 0 Å². The summed E-state index contributed by atoms with van der Waals surface area (Å²) in [6.45, 7) is 1.13. The second-order valence-corrected chi connectivity index (χ2v) is 7.55. The number of halogens is 2. The minimum atomic E-state index is -0.545. The third-order valence-corrected chi connectivity index (χ3v) is 5.62. The van der Waals surface area contributed by atoms with E-state index in [1.165, 1.54) is 48.5 Å². The van der Waals surface area contributed by atoms with Crippen LogP contribution in [0.3, 0.4) is 0 Å². The van der Waals surface area contributed by atoms with Crippen molar-refractivity contribution in [3.8, 4) is 0 Å². The van der Waals surface area contributed by atoms with Crippen molar-refractivity contribution in [2.75, 3.05) is 18.0 Å². The molecule has 0 radical (unpaired) electrons. The molecule has 2 aromatic carbocycles. The Balaban J connectivity index is 1.34. The van der Waals surface area contributed by atoms with Gasteiger partial charge in [0, 0.05) is 24.7 Å². The van der Waals surface area contributed by atoms with E-state index in [2.05, 4.69) is 5.32 Å². The molecule has 2 saturated heterocycles. The van der Waals surface area contributed by atoms with Crippen molar-refractivity contribution in [2.45, 2.75) is 31.3 Å². The van der Waals surface area contributed by atoms with Crippen LogP contribution >= 0.6 is 0 Å². The van der Waals surface area contributed by atoms with Crippen LogP contribution in [0.15, 0.2) is 48.5 Å². The molecule has 3 amide bonds. The average Bonchev–Trinajstić information content (AvgIpc) is 3.04. The van der Waals surface area contributed by atoms with Gasteiger partial charge >= 0.3 is 0 Å². The van der Waals surface area contributed by atoms with Crippen molar-refractivity contribution >= 4 is 23.4 Å². The number of imide groups is 1. The lowest BCUT2D eigenvalue weighted by molar-refractivity contribution is -0.123. The summed E-state index contributed by atoms with van der Waals surface area (Å²) in [7, 11) is 0. The van der Waals surface area contributed by atoms with E-state index in [0.717, 1.165) is 4.90 Å². The molecular weight excluding hydrogens is 392 g/mol. The summed E-state index contributed by atoms with van der Waals surface area (Å²) < 4.78 is 26.1. The predicted octanol–water partition coefficient (Wildman–Crippen LogP) is 2.49. The smallest absolute Gasteiger partial charge is 0.251 e. The second kappa shape index (κ2) is 8.31. The summed E-state index contributed by atoms with van der Waals surface area (Å²) in [6.07, 6.45) is 1.37. The van der Waals surface area contributed by atoms with Gasteiger partial charge in [-0.2, -0.15) is 0 Å². The SMILES string of the molecule is O=C(NC1CCN(C2CC(=O)N(c3ccc(F)cc3)C2=O)CC1)c1ccc(F)cc1. The molecule has 8 heteroatoms. The Morgan fingerprint density at radius 1 is 0.900 bits per heavy atom. The molecule has 0 saturated carbocycles. The Hall–Kier alpha value is -3.13. The highest BCUT2D eigenvalue weighted by Crippen LogP contribution is 2.27. The molecule has 0 spiro atoms. The maximum Gasteiger partial charge on any atom is 0.251 e. The summed E-state index contributed by atoms with van der Waals surface area (Å²) in [5.74, 6) is -1.70. The molecule has 2 aliphatic heterocycles. The van der Waals surface area contributed by atoms with Gasteiger partial charge < -0.3 is 5.32 Å². The van der Waals surface area contributed by atoms with Crippen LogP contribution in [0.25, 0.3) is 0 Å². The molecule has 6 nitrogen and oxygen atoms in total. The monoisotopic (exact) mass is 413 g/mol. The zero-order valence-electron chi connectivity index (χ0n) is 16.2. The average molecular weight is 413 g/mol. The van der Waals surface area contributed by atoms with Gasteiger partial charge in [-0.3, -0.25) is 19.3 Å². The maximum atomic E-state index is 13.1. The summed E-state index contributed by atoms with van der Waals surface area (Å²) in [5.41, 5.74) is 0.765. The molecule has 0 aromatic heterocycles. The topological polar surface area (TPSA) is 69.7 Å². The van der Waals surface area contributed by atoms with Crippen LogP contribution in [0.5, 0.6) is 0 Å². The van der Waals surface area contributed by atoms with Crippen molar-refractivity contribution in [3.05, 3.63) is 65.7 Å². The van der Waals surface area contributed by atoms with E-state index in [4.69, 9.17) is 0 Å². The molecule has 2 fully saturated rings. The number of rotatable bonds is 4. The first-order valence-electron chi connectivity index (χ1n) is 9.85. The summed E-state index contributed by atoms with van der Waals surface area (Å²) in [4.78, 5) is 40.6. The molecule has 1 N–H and O–H groups in total. The van der Waals surface area contributed by atoms with Crippen molar-refractivity contribution in [1.82, 2.24) is 10.2 Å². The molecule has 2 heterocycles. The highest BCUT2D eigenvalue weighted by Gasteiger charge is 2.43. The number of nitrogens with zero attached hydrogens (tertiary/aromatic N) is 2. The summed E-state index contributed by atoms with van der Waals surface area (Å²) >= 11 is 0. The van der Waals surface area contributed by atoms with E-state index in [1.807, 2.05) is 4.90 Å². The van der Waals surface area contributed by atoms with Crippen LogP contribution in [-0.4, -0.2) is 47.8 Å². The molecule has 2 aromatic rings. The lowest BCUT2D eigenvalue weighted by Gasteiger charge is -2.35.